The molecule has 14 heavy (non-hydrogen) atoms. The standard InChI is InChI=1S/C11H14ClNS/c1-2-14-7-3-4-10(14)9-5-6-11(12)13-8-9/h2,5-6,8,10H,3-4,7H2,1H3. The molecule has 1 aliphatic heterocycles. The van der Waals surface area contributed by atoms with E-state index in [2.05, 4.69) is 23.3 Å². The summed E-state index contributed by atoms with van der Waals surface area (Å²) in [6, 6.07) is 4.02. The Bertz CT molecular complexity index is 345. The third-order valence-electron chi connectivity index (χ3n) is 2.64. The van der Waals surface area contributed by atoms with Crippen LogP contribution >= 0.6 is 22.1 Å². The van der Waals surface area contributed by atoms with E-state index in [-0.39, 0.29) is 0 Å². The minimum Gasteiger partial charge on any atom is -0.244 e. The van der Waals surface area contributed by atoms with E-state index in [1.807, 2.05) is 12.3 Å². The number of rotatable bonds is 1. The van der Waals surface area contributed by atoms with Gasteiger partial charge in [0, 0.05) is 11.4 Å². The molecule has 0 N–H and O–H groups in total. The van der Waals surface area contributed by atoms with Crippen molar-refractivity contribution in [2.45, 2.75) is 25.0 Å². The van der Waals surface area contributed by atoms with E-state index in [1.165, 1.54) is 24.2 Å². The summed E-state index contributed by atoms with van der Waals surface area (Å²) in [6.07, 6.45) is 4.58. The molecular weight excluding hydrogens is 214 g/mol. The van der Waals surface area contributed by atoms with E-state index >= 15 is 0 Å². The van der Waals surface area contributed by atoms with Gasteiger partial charge in [-0.15, -0.1) is 0 Å². The molecule has 0 radical (unpaired) electrons. The van der Waals surface area contributed by atoms with Gasteiger partial charge in [-0.25, -0.2) is 4.98 Å². The maximum Gasteiger partial charge on any atom is 0.129 e. The van der Waals surface area contributed by atoms with Crippen LogP contribution in [0.3, 0.4) is 0 Å². The second kappa shape index (κ2) is 4.45. The van der Waals surface area contributed by atoms with Crippen molar-refractivity contribution in [3.63, 3.8) is 0 Å². The lowest BCUT2D eigenvalue weighted by Crippen LogP contribution is -1.92. The Balaban J connectivity index is 2.26. The van der Waals surface area contributed by atoms with Crippen LogP contribution in [-0.4, -0.2) is 16.1 Å². The molecule has 0 amide bonds. The molecule has 2 rings (SSSR count). The largest absolute Gasteiger partial charge is 0.244 e. The van der Waals surface area contributed by atoms with Gasteiger partial charge in [0.1, 0.15) is 5.15 Å². The maximum absolute atomic E-state index is 5.77. The van der Waals surface area contributed by atoms with E-state index in [1.54, 1.807) is 0 Å². The van der Waals surface area contributed by atoms with Crippen molar-refractivity contribution in [3.8, 4) is 0 Å². The Hall–Kier alpha value is -0.340. The van der Waals surface area contributed by atoms with Crippen molar-refractivity contribution in [2.75, 3.05) is 5.75 Å². The zero-order chi connectivity index (χ0) is 9.97. The number of nitrogens with zero attached hydrogens (tertiary/aromatic N) is 1. The van der Waals surface area contributed by atoms with Crippen LogP contribution < -0.4 is 0 Å². The number of hydrogen-bond donors (Lipinski definition) is 0. The highest BCUT2D eigenvalue weighted by atomic mass is 35.5. The fourth-order valence-electron chi connectivity index (χ4n) is 1.93. The number of hydrogen-bond acceptors (Lipinski definition) is 1. The van der Waals surface area contributed by atoms with Crippen molar-refractivity contribution in [1.29, 1.82) is 0 Å². The van der Waals surface area contributed by atoms with Gasteiger partial charge in [-0.3, -0.25) is 0 Å². The van der Waals surface area contributed by atoms with Crippen LogP contribution in [-0.2, 0) is 0 Å². The van der Waals surface area contributed by atoms with E-state index in [9.17, 15) is 0 Å². The fourth-order valence-corrected chi connectivity index (χ4v) is 4.35. The lowest BCUT2D eigenvalue weighted by Gasteiger charge is -2.12. The summed E-state index contributed by atoms with van der Waals surface area (Å²) in [5.74, 6) is 1.35. The molecule has 2 atom stereocenters. The maximum atomic E-state index is 5.77. The Labute approximate surface area is 92.4 Å². The molecule has 0 aliphatic carbocycles. The highest BCUT2D eigenvalue weighted by Gasteiger charge is 2.20. The third kappa shape index (κ3) is 2.01. The predicted octanol–water partition coefficient (Wildman–Crippen LogP) is 3.66. The Morgan fingerprint density at radius 1 is 1.57 bits per heavy atom. The van der Waals surface area contributed by atoms with Gasteiger partial charge >= 0.3 is 0 Å². The smallest absolute Gasteiger partial charge is 0.129 e. The van der Waals surface area contributed by atoms with E-state index in [0.717, 1.165) is 0 Å². The molecule has 0 bridgehead atoms. The van der Waals surface area contributed by atoms with Gasteiger partial charge in [0.25, 0.3) is 0 Å². The van der Waals surface area contributed by atoms with Crippen LogP contribution in [0.2, 0.25) is 5.15 Å². The third-order valence-corrected chi connectivity index (χ3v) is 5.46. The molecule has 0 spiro atoms. The minimum atomic E-state index is 0.462. The van der Waals surface area contributed by atoms with Crippen LogP contribution in [0.4, 0.5) is 0 Å². The first-order chi connectivity index (χ1) is 6.81. The summed E-state index contributed by atoms with van der Waals surface area (Å²) in [7, 11) is 0.462. The first-order valence-electron chi connectivity index (χ1n) is 4.90. The molecule has 1 fully saturated rings. The molecule has 3 heteroatoms. The molecule has 1 aromatic rings. The lowest BCUT2D eigenvalue weighted by atomic mass is 10.1. The summed E-state index contributed by atoms with van der Waals surface area (Å²) < 4.78 is 0. The average Bonchev–Trinajstić information content (AvgIpc) is 2.67. The fraction of sp³-hybridized carbons (Fsp3) is 0.455. The SMILES string of the molecule is C/C=S1/CCCC1c1ccc(Cl)nc1. The van der Waals surface area contributed by atoms with Gasteiger partial charge < -0.3 is 0 Å². The van der Waals surface area contributed by atoms with Gasteiger partial charge in [-0.1, -0.05) is 23.0 Å². The van der Waals surface area contributed by atoms with Crippen molar-refractivity contribution in [2.24, 2.45) is 0 Å². The van der Waals surface area contributed by atoms with Gasteiger partial charge in [0.2, 0.25) is 0 Å². The highest BCUT2D eigenvalue weighted by molar-refractivity contribution is 8.15. The Kier molecular flexibility index (Phi) is 3.24. The lowest BCUT2D eigenvalue weighted by molar-refractivity contribution is 0.825. The first-order valence-corrected chi connectivity index (χ1v) is 6.80. The summed E-state index contributed by atoms with van der Waals surface area (Å²) >= 11 is 5.77. The van der Waals surface area contributed by atoms with Crippen LogP contribution in [0, 0.1) is 0 Å². The van der Waals surface area contributed by atoms with Crippen molar-refractivity contribution < 1.29 is 0 Å². The predicted molar refractivity (Wildman–Crippen MR) is 65.4 cm³/mol. The van der Waals surface area contributed by atoms with Gasteiger partial charge in [0.05, 0.1) is 0 Å². The second-order valence-electron chi connectivity index (χ2n) is 3.45. The summed E-state index contributed by atoms with van der Waals surface area (Å²) in [4.78, 5) is 4.15. The van der Waals surface area contributed by atoms with Crippen molar-refractivity contribution in [3.05, 3.63) is 29.0 Å². The van der Waals surface area contributed by atoms with Crippen LogP contribution in [0.1, 0.15) is 30.6 Å². The van der Waals surface area contributed by atoms with Crippen LogP contribution in [0.5, 0.6) is 0 Å². The molecule has 1 aromatic heterocycles. The molecule has 2 heterocycles. The molecular formula is C11H14ClNS. The molecule has 0 saturated carbocycles. The van der Waals surface area contributed by atoms with E-state index in [0.29, 0.717) is 20.9 Å². The van der Waals surface area contributed by atoms with Crippen molar-refractivity contribution in [1.82, 2.24) is 4.98 Å². The molecule has 1 nitrogen and oxygen atoms in total. The molecule has 1 aliphatic rings. The van der Waals surface area contributed by atoms with E-state index < -0.39 is 0 Å². The molecule has 76 valence electrons. The average molecular weight is 228 g/mol. The summed E-state index contributed by atoms with van der Waals surface area (Å²) in [5.41, 5.74) is 1.35. The highest BCUT2D eigenvalue weighted by Crippen LogP contribution is 2.44. The molecule has 0 aromatic carbocycles. The van der Waals surface area contributed by atoms with Gasteiger partial charge in [-0.05, 0) is 37.1 Å². The van der Waals surface area contributed by atoms with Crippen molar-refractivity contribution >= 4 is 27.5 Å². The second-order valence-corrected chi connectivity index (χ2v) is 6.23. The van der Waals surface area contributed by atoms with Crippen LogP contribution in [0.15, 0.2) is 18.3 Å². The number of aromatic nitrogens is 1. The molecule has 1 saturated heterocycles. The zero-order valence-electron chi connectivity index (χ0n) is 8.24. The summed E-state index contributed by atoms with van der Waals surface area (Å²) in [6.45, 7) is 2.17. The van der Waals surface area contributed by atoms with Gasteiger partial charge in [-0.2, -0.15) is 10.5 Å². The minimum absolute atomic E-state index is 0.462. The zero-order valence-corrected chi connectivity index (χ0v) is 9.81. The summed E-state index contributed by atoms with van der Waals surface area (Å²) in [5, 5.41) is 3.64. The quantitative estimate of drug-likeness (QED) is 0.527. The Morgan fingerprint density at radius 2 is 2.43 bits per heavy atom. The first kappa shape index (κ1) is 10.2. The topological polar surface area (TPSA) is 12.9 Å². The number of pyridine rings is 1. The number of halogens is 1. The monoisotopic (exact) mass is 227 g/mol. The molecule has 2 unspecified atom stereocenters. The normalized spacial score (nSPS) is 27.0. The van der Waals surface area contributed by atoms with E-state index in [4.69, 9.17) is 11.6 Å². The Morgan fingerprint density at radius 3 is 3.07 bits per heavy atom. The van der Waals surface area contributed by atoms with Crippen LogP contribution in [0.25, 0.3) is 0 Å². The van der Waals surface area contributed by atoms with Gasteiger partial charge in [0.15, 0.2) is 0 Å².